The number of aromatic nitrogens is 3. The predicted octanol–water partition coefficient (Wildman–Crippen LogP) is 2.53. The topological polar surface area (TPSA) is 54.7 Å². The fourth-order valence-electron chi connectivity index (χ4n) is 1.55. The summed E-state index contributed by atoms with van der Waals surface area (Å²) in [5, 5.41) is 0. The lowest BCUT2D eigenvalue weighted by Crippen LogP contribution is -1.87. The van der Waals surface area contributed by atoms with Crippen molar-refractivity contribution in [3.8, 4) is 22.6 Å². The fourth-order valence-corrected chi connectivity index (χ4v) is 1.55. The molecule has 3 rings (SSSR count). The molecule has 0 saturated carbocycles. The molecule has 4 nitrogen and oxygen atoms in total. The van der Waals surface area contributed by atoms with Gasteiger partial charge in [0, 0.05) is 18.6 Å². The molecule has 3 aromatic rings. The lowest BCUT2D eigenvalue weighted by atomic mass is 10.1. The Morgan fingerprint density at radius 2 is 2.06 bits per heavy atom. The molecule has 0 fully saturated rings. The van der Waals surface area contributed by atoms with Gasteiger partial charge in [-0.3, -0.25) is 0 Å². The minimum Gasteiger partial charge on any atom is -0.460 e. The van der Waals surface area contributed by atoms with Crippen molar-refractivity contribution in [1.29, 1.82) is 0 Å². The molecule has 0 spiro atoms. The van der Waals surface area contributed by atoms with Gasteiger partial charge < -0.3 is 9.40 Å². The highest BCUT2D eigenvalue weighted by molar-refractivity contribution is 5.76. The lowest BCUT2D eigenvalue weighted by Gasteiger charge is -1.98. The molecule has 0 amide bonds. The molecule has 3 heterocycles. The number of rotatable bonds is 2. The second kappa shape index (κ2) is 3.66. The first-order valence-electron chi connectivity index (χ1n) is 4.85. The first kappa shape index (κ1) is 8.91. The Labute approximate surface area is 92.0 Å². The van der Waals surface area contributed by atoms with E-state index in [1.165, 1.54) is 0 Å². The summed E-state index contributed by atoms with van der Waals surface area (Å²) < 4.78 is 5.10. The Kier molecular flexibility index (Phi) is 2.04. The van der Waals surface area contributed by atoms with E-state index in [9.17, 15) is 0 Å². The third-order valence-electron chi connectivity index (χ3n) is 2.28. The minimum atomic E-state index is 0.636. The summed E-state index contributed by atoms with van der Waals surface area (Å²) in [6.45, 7) is 0. The van der Waals surface area contributed by atoms with Crippen molar-refractivity contribution in [2.24, 2.45) is 0 Å². The third kappa shape index (κ3) is 1.40. The summed E-state index contributed by atoms with van der Waals surface area (Å²) in [5.41, 5.74) is 2.62. The summed E-state index contributed by atoms with van der Waals surface area (Å²) >= 11 is 0. The van der Waals surface area contributed by atoms with Crippen molar-refractivity contribution in [2.75, 3.05) is 0 Å². The van der Waals surface area contributed by atoms with Crippen molar-refractivity contribution in [3.63, 3.8) is 0 Å². The van der Waals surface area contributed by atoms with Crippen molar-refractivity contribution in [2.45, 2.75) is 0 Å². The van der Waals surface area contributed by atoms with Gasteiger partial charge in [-0.05, 0) is 18.2 Å². The van der Waals surface area contributed by atoms with Crippen LogP contribution in [0.25, 0.3) is 22.6 Å². The molecular weight excluding hydrogens is 202 g/mol. The van der Waals surface area contributed by atoms with E-state index in [1.54, 1.807) is 24.7 Å². The fraction of sp³-hybridized carbons (Fsp3) is 0. The predicted molar refractivity (Wildman–Crippen MR) is 58.4 cm³/mol. The van der Waals surface area contributed by atoms with Crippen LogP contribution in [0.4, 0.5) is 0 Å². The highest BCUT2D eigenvalue weighted by atomic mass is 16.3. The van der Waals surface area contributed by atoms with Crippen molar-refractivity contribution < 1.29 is 4.42 Å². The van der Waals surface area contributed by atoms with E-state index >= 15 is 0 Å². The second-order valence-corrected chi connectivity index (χ2v) is 3.28. The first-order valence-corrected chi connectivity index (χ1v) is 4.85. The van der Waals surface area contributed by atoms with Gasteiger partial charge in [0.15, 0.2) is 12.1 Å². The molecule has 0 saturated heterocycles. The van der Waals surface area contributed by atoms with E-state index in [1.807, 2.05) is 18.3 Å². The van der Waals surface area contributed by atoms with E-state index in [0.717, 1.165) is 16.8 Å². The minimum absolute atomic E-state index is 0.636. The molecule has 0 aliphatic carbocycles. The molecule has 0 aliphatic rings. The van der Waals surface area contributed by atoms with Gasteiger partial charge in [-0.2, -0.15) is 0 Å². The van der Waals surface area contributed by atoms with Gasteiger partial charge in [0.1, 0.15) is 6.26 Å². The molecule has 3 aromatic heterocycles. The number of H-pyrrole nitrogens is 1. The number of furan rings is 1. The Bertz CT molecular complexity index is 569. The summed E-state index contributed by atoms with van der Waals surface area (Å²) in [7, 11) is 0. The highest BCUT2D eigenvalue weighted by Gasteiger charge is 2.12. The third-order valence-corrected chi connectivity index (χ3v) is 2.28. The van der Waals surface area contributed by atoms with Crippen molar-refractivity contribution >= 4 is 0 Å². The SMILES string of the molecule is [c]1occ(-c2ncccn2)c1-c1ccc[nH]1. The zero-order valence-corrected chi connectivity index (χ0v) is 8.34. The first-order chi connectivity index (χ1) is 7.95. The van der Waals surface area contributed by atoms with Gasteiger partial charge in [-0.1, -0.05) is 0 Å². The van der Waals surface area contributed by atoms with Crippen LogP contribution in [0.1, 0.15) is 0 Å². The van der Waals surface area contributed by atoms with Gasteiger partial charge >= 0.3 is 0 Å². The van der Waals surface area contributed by atoms with Crippen molar-refractivity contribution in [3.05, 3.63) is 49.3 Å². The van der Waals surface area contributed by atoms with Crippen molar-refractivity contribution in [1.82, 2.24) is 15.0 Å². The highest BCUT2D eigenvalue weighted by Crippen LogP contribution is 2.29. The van der Waals surface area contributed by atoms with E-state index in [4.69, 9.17) is 4.42 Å². The normalized spacial score (nSPS) is 10.5. The zero-order chi connectivity index (χ0) is 10.8. The van der Waals surface area contributed by atoms with E-state index < -0.39 is 0 Å². The van der Waals surface area contributed by atoms with Gasteiger partial charge in [-0.25, -0.2) is 9.97 Å². The standard InChI is InChI=1S/C12H8N3O/c1-3-11(13-4-1)9-7-16-8-10(9)12-14-5-2-6-15-12/h1-6,8,13H. The van der Waals surface area contributed by atoms with E-state index in [2.05, 4.69) is 21.2 Å². The molecule has 4 heteroatoms. The Morgan fingerprint density at radius 1 is 1.19 bits per heavy atom. The van der Waals surface area contributed by atoms with Gasteiger partial charge in [0.25, 0.3) is 0 Å². The van der Waals surface area contributed by atoms with Gasteiger partial charge in [0.05, 0.1) is 16.8 Å². The molecule has 77 valence electrons. The number of nitrogens with one attached hydrogen (secondary N) is 1. The van der Waals surface area contributed by atoms with Crippen LogP contribution in [0.3, 0.4) is 0 Å². The summed E-state index contributed by atoms with van der Waals surface area (Å²) in [4.78, 5) is 11.5. The Hall–Kier alpha value is -2.36. The van der Waals surface area contributed by atoms with Crippen LogP contribution < -0.4 is 0 Å². The molecule has 1 N–H and O–H groups in total. The molecule has 0 bridgehead atoms. The number of hydrogen-bond acceptors (Lipinski definition) is 3. The average Bonchev–Trinajstić information content (AvgIpc) is 3.01. The second-order valence-electron chi connectivity index (χ2n) is 3.28. The maximum absolute atomic E-state index is 5.10. The molecule has 0 unspecified atom stereocenters. The quantitative estimate of drug-likeness (QED) is 0.707. The molecule has 16 heavy (non-hydrogen) atoms. The molecular formula is C12H8N3O. The Balaban J connectivity index is 2.14. The monoisotopic (exact) mass is 210 g/mol. The van der Waals surface area contributed by atoms with Crippen LogP contribution >= 0.6 is 0 Å². The van der Waals surface area contributed by atoms with Gasteiger partial charge in [-0.15, -0.1) is 0 Å². The molecule has 0 aromatic carbocycles. The van der Waals surface area contributed by atoms with E-state index in [-0.39, 0.29) is 0 Å². The van der Waals surface area contributed by atoms with Crippen LogP contribution in [-0.4, -0.2) is 15.0 Å². The average molecular weight is 210 g/mol. The maximum Gasteiger partial charge on any atom is 0.179 e. The summed E-state index contributed by atoms with van der Waals surface area (Å²) in [5.74, 6) is 0.636. The van der Waals surface area contributed by atoms with Crippen LogP contribution in [0.2, 0.25) is 0 Å². The number of nitrogens with zero attached hydrogens (tertiary/aromatic N) is 2. The van der Waals surface area contributed by atoms with Gasteiger partial charge in [0.2, 0.25) is 0 Å². The van der Waals surface area contributed by atoms with Crippen LogP contribution in [-0.2, 0) is 0 Å². The molecule has 1 radical (unpaired) electrons. The smallest absolute Gasteiger partial charge is 0.179 e. The molecule has 0 aliphatic heterocycles. The zero-order valence-electron chi connectivity index (χ0n) is 8.34. The molecule has 0 atom stereocenters. The summed E-state index contributed by atoms with van der Waals surface area (Å²) in [6.07, 6.45) is 9.68. The van der Waals surface area contributed by atoms with Crippen LogP contribution in [0.15, 0.2) is 47.5 Å². The van der Waals surface area contributed by atoms with Crippen LogP contribution in [0, 0.1) is 6.26 Å². The number of hydrogen-bond donors (Lipinski definition) is 1. The Morgan fingerprint density at radius 3 is 2.81 bits per heavy atom. The number of aromatic amines is 1. The van der Waals surface area contributed by atoms with Crippen LogP contribution in [0.5, 0.6) is 0 Å². The largest absolute Gasteiger partial charge is 0.460 e. The maximum atomic E-state index is 5.10. The lowest BCUT2D eigenvalue weighted by molar-refractivity contribution is 0.559. The summed E-state index contributed by atoms with van der Waals surface area (Å²) in [6, 6.07) is 5.65. The van der Waals surface area contributed by atoms with E-state index in [0.29, 0.717) is 5.82 Å².